The van der Waals surface area contributed by atoms with Crippen molar-refractivity contribution in [2.45, 2.75) is 24.6 Å². The van der Waals surface area contributed by atoms with E-state index in [-0.39, 0.29) is 19.0 Å². The van der Waals surface area contributed by atoms with E-state index in [9.17, 15) is 23.1 Å². The summed E-state index contributed by atoms with van der Waals surface area (Å²) in [5.74, 6) is -0.331. The first-order valence-electron chi connectivity index (χ1n) is 6.11. The summed E-state index contributed by atoms with van der Waals surface area (Å²) < 4.78 is 37.9. The number of thiophene rings is 1. The number of piperidine rings is 1. The van der Waals surface area contributed by atoms with Crippen molar-refractivity contribution in [2.75, 3.05) is 13.1 Å². The Morgan fingerprint density at radius 1 is 1.40 bits per heavy atom. The number of aliphatic hydroxyl groups is 1. The first-order valence-corrected chi connectivity index (χ1v) is 6.99. The standard InChI is InChI=1S/C13H14F3NO2S/c14-13(15,16)12(19)5-7-17(8-6-12)11(18)4-3-10-2-1-9-20-10/h1-4,9,19H,5-8H2/b4-3+. The summed E-state index contributed by atoms with van der Waals surface area (Å²) in [6.45, 7) is -0.187. The van der Waals surface area contributed by atoms with Gasteiger partial charge in [0, 0.05) is 36.9 Å². The first kappa shape index (κ1) is 15.1. The summed E-state index contributed by atoms with van der Waals surface area (Å²) >= 11 is 1.47. The van der Waals surface area contributed by atoms with Gasteiger partial charge in [0.2, 0.25) is 5.91 Å². The maximum absolute atomic E-state index is 12.6. The van der Waals surface area contributed by atoms with Crippen molar-refractivity contribution in [1.29, 1.82) is 0 Å². The fourth-order valence-electron chi connectivity index (χ4n) is 2.03. The molecule has 1 aromatic rings. The summed E-state index contributed by atoms with van der Waals surface area (Å²) in [5.41, 5.74) is -2.67. The van der Waals surface area contributed by atoms with Crippen LogP contribution in [0.25, 0.3) is 6.08 Å². The second kappa shape index (κ2) is 5.57. The molecule has 1 aromatic heterocycles. The van der Waals surface area contributed by atoms with Crippen molar-refractivity contribution in [3.8, 4) is 0 Å². The molecule has 0 spiro atoms. The Morgan fingerprint density at radius 2 is 2.05 bits per heavy atom. The lowest BCUT2D eigenvalue weighted by atomic mass is 9.91. The van der Waals surface area contributed by atoms with Gasteiger partial charge in [-0.1, -0.05) is 6.07 Å². The second-order valence-corrected chi connectivity index (χ2v) is 5.68. The molecule has 7 heteroatoms. The van der Waals surface area contributed by atoms with Crippen molar-refractivity contribution in [3.05, 3.63) is 28.5 Å². The molecule has 0 unspecified atom stereocenters. The van der Waals surface area contributed by atoms with E-state index in [0.717, 1.165) is 4.88 Å². The summed E-state index contributed by atoms with van der Waals surface area (Å²) in [5, 5.41) is 11.4. The Balaban J connectivity index is 1.92. The van der Waals surface area contributed by atoms with Gasteiger partial charge in [0.15, 0.2) is 5.60 Å². The minimum atomic E-state index is -4.64. The first-order chi connectivity index (χ1) is 9.32. The van der Waals surface area contributed by atoms with Gasteiger partial charge in [-0.2, -0.15) is 13.2 Å². The van der Waals surface area contributed by atoms with Gasteiger partial charge in [0.1, 0.15) is 0 Å². The van der Waals surface area contributed by atoms with Crippen LogP contribution in [-0.4, -0.2) is 40.8 Å². The molecule has 20 heavy (non-hydrogen) atoms. The smallest absolute Gasteiger partial charge is 0.380 e. The molecule has 2 rings (SSSR count). The van der Waals surface area contributed by atoms with Crippen LogP contribution >= 0.6 is 11.3 Å². The van der Waals surface area contributed by atoms with Crippen molar-refractivity contribution in [3.63, 3.8) is 0 Å². The number of nitrogens with zero attached hydrogens (tertiary/aromatic N) is 1. The van der Waals surface area contributed by atoms with Gasteiger partial charge in [0.05, 0.1) is 0 Å². The number of likely N-dealkylation sites (tertiary alicyclic amines) is 1. The molecule has 1 saturated heterocycles. The van der Waals surface area contributed by atoms with Gasteiger partial charge in [0.25, 0.3) is 0 Å². The zero-order valence-electron chi connectivity index (χ0n) is 10.6. The lowest BCUT2D eigenvalue weighted by Gasteiger charge is -2.38. The van der Waals surface area contributed by atoms with E-state index in [4.69, 9.17) is 0 Å². The van der Waals surface area contributed by atoms with E-state index in [1.54, 1.807) is 6.08 Å². The van der Waals surface area contributed by atoms with Crippen LogP contribution in [0, 0.1) is 0 Å². The number of amides is 1. The third-order valence-electron chi connectivity index (χ3n) is 3.36. The molecule has 1 fully saturated rings. The van der Waals surface area contributed by atoms with E-state index in [1.165, 1.54) is 22.3 Å². The third kappa shape index (κ3) is 3.21. The highest BCUT2D eigenvalue weighted by Gasteiger charge is 2.54. The van der Waals surface area contributed by atoms with E-state index >= 15 is 0 Å². The van der Waals surface area contributed by atoms with E-state index in [0.29, 0.717) is 0 Å². The van der Waals surface area contributed by atoms with Crippen LogP contribution in [0.1, 0.15) is 17.7 Å². The Bertz CT molecular complexity index is 488. The normalized spacial score (nSPS) is 19.5. The summed E-state index contributed by atoms with van der Waals surface area (Å²) in [4.78, 5) is 14.1. The average molecular weight is 305 g/mol. The minimum Gasteiger partial charge on any atom is -0.380 e. The van der Waals surface area contributed by atoms with Gasteiger partial charge < -0.3 is 10.0 Å². The summed E-state index contributed by atoms with van der Waals surface area (Å²) in [6, 6.07) is 3.69. The topological polar surface area (TPSA) is 40.5 Å². The fourth-order valence-corrected chi connectivity index (χ4v) is 2.64. The van der Waals surface area contributed by atoms with Crippen molar-refractivity contribution < 1.29 is 23.1 Å². The predicted octanol–water partition coefficient (Wildman–Crippen LogP) is 2.68. The summed E-state index contributed by atoms with van der Waals surface area (Å²) in [6.07, 6.45) is -2.61. The van der Waals surface area contributed by atoms with Gasteiger partial charge in [-0.25, -0.2) is 0 Å². The quantitative estimate of drug-likeness (QED) is 0.854. The SMILES string of the molecule is O=C(/C=C/c1cccs1)N1CCC(O)(C(F)(F)F)CC1. The van der Waals surface area contributed by atoms with Gasteiger partial charge in [-0.15, -0.1) is 11.3 Å². The number of alkyl halides is 3. The zero-order valence-corrected chi connectivity index (χ0v) is 11.4. The molecule has 0 atom stereocenters. The molecular formula is C13H14F3NO2S. The molecule has 1 aliphatic heterocycles. The largest absolute Gasteiger partial charge is 0.417 e. The molecule has 1 N–H and O–H groups in total. The minimum absolute atomic E-state index is 0.0936. The van der Waals surface area contributed by atoms with Gasteiger partial charge in [-0.05, 0) is 17.5 Å². The van der Waals surface area contributed by atoms with Crippen LogP contribution in [0.4, 0.5) is 13.2 Å². The fraction of sp³-hybridized carbons (Fsp3) is 0.462. The van der Waals surface area contributed by atoms with Gasteiger partial charge >= 0.3 is 6.18 Å². The maximum Gasteiger partial charge on any atom is 0.417 e. The van der Waals surface area contributed by atoms with Gasteiger partial charge in [-0.3, -0.25) is 4.79 Å². The Hall–Kier alpha value is -1.34. The molecule has 0 radical (unpaired) electrons. The molecule has 1 aliphatic rings. The van der Waals surface area contributed by atoms with E-state index < -0.39 is 24.6 Å². The highest BCUT2D eigenvalue weighted by atomic mass is 32.1. The van der Waals surface area contributed by atoms with Crippen molar-refractivity contribution >= 4 is 23.3 Å². The second-order valence-electron chi connectivity index (χ2n) is 4.70. The molecule has 0 aliphatic carbocycles. The molecule has 0 saturated carbocycles. The monoisotopic (exact) mass is 305 g/mol. The predicted molar refractivity (Wildman–Crippen MR) is 70.2 cm³/mol. The molecule has 0 aromatic carbocycles. The molecule has 1 amide bonds. The van der Waals surface area contributed by atoms with Crippen molar-refractivity contribution in [1.82, 2.24) is 4.90 Å². The van der Waals surface area contributed by atoms with Crippen LogP contribution in [0.5, 0.6) is 0 Å². The molecule has 2 heterocycles. The Labute approximate surface area is 118 Å². The number of carbonyl (C=O) groups is 1. The molecule has 110 valence electrons. The van der Waals surface area contributed by atoms with Crippen LogP contribution in [0.2, 0.25) is 0 Å². The summed E-state index contributed by atoms with van der Waals surface area (Å²) in [7, 11) is 0. The number of rotatable bonds is 2. The molecule has 3 nitrogen and oxygen atoms in total. The molecular weight excluding hydrogens is 291 g/mol. The zero-order chi connectivity index (χ0) is 14.8. The van der Waals surface area contributed by atoms with Crippen LogP contribution in [0.15, 0.2) is 23.6 Å². The number of hydrogen-bond donors (Lipinski definition) is 1. The third-order valence-corrected chi connectivity index (χ3v) is 4.20. The number of hydrogen-bond acceptors (Lipinski definition) is 3. The number of carbonyl (C=O) groups excluding carboxylic acids is 1. The van der Waals surface area contributed by atoms with E-state index in [2.05, 4.69) is 0 Å². The highest BCUT2D eigenvalue weighted by Crippen LogP contribution is 2.38. The Kier molecular flexibility index (Phi) is 4.19. The molecule has 0 bridgehead atoms. The average Bonchev–Trinajstić information content (AvgIpc) is 2.88. The van der Waals surface area contributed by atoms with Crippen molar-refractivity contribution in [2.24, 2.45) is 0 Å². The van der Waals surface area contributed by atoms with E-state index in [1.807, 2.05) is 17.5 Å². The lowest BCUT2D eigenvalue weighted by molar-refractivity contribution is -0.271. The Morgan fingerprint density at radius 3 is 2.55 bits per heavy atom. The maximum atomic E-state index is 12.6. The number of halogens is 3. The van der Waals surface area contributed by atoms with Crippen LogP contribution < -0.4 is 0 Å². The lowest BCUT2D eigenvalue weighted by Crippen LogP contribution is -2.54. The van der Waals surface area contributed by atoms with Crippen LogP contribution in [-0.2, 0) is 4.79 Å². The van der Waals surface area contributed by atoms with Crippen LogP contribution in [0.3, 0.4) is 0 Å². The highest BCUT2D eigenvalue weighted by molar-refractivity contribution is 7.10.